The number of fused-ring (bicyclic) bond motifs is 2. The number of H-pyrrole nitrogens is 1. The third kappa shape index (κ3) is 3.74. The van der Waals surface area contributed by atoms with Gasteiger partial charge in [-0.3, -0.25) is 9.48 Å². The van der Waals surface area contributed by atoms with Gasteiger partial charge in [0.15, 0.2) is 11.5 Å². The number of carbonyl (C=O) groups is 1. The fourth-order valence-corrected chi connectivity index (χ4v) is 4.08. The molecule has 0 atom stereocenters. The molecule has 4 aromatic rings. The van der Waals surface area contributed by atoms with E-state index in [1.807, 2.05) is 54.4 Å². The Morgan fingerprint density at radius 3 is 2.84 bits per heavy atom. The smallest absolute Gasteiger partial charge is 0.272 e. The minimum absolute atomic E-state index is 0.0411. The molecule has 2 aromatic heterocycles. The second kappa shape index (κ2) is 7.83. The minimum Gasteiger partial charge on any atom is -0.454 e. The van der Waals surface area contributed by atoms with Gasteiger partial charge in [0.1, 0.15) is 5.69 Å². The second-order valence-electron chi connectivity index (χ2n) is 7.82. The average molecular weight is 416 g/mol. The number of aromatic amines is 1. The Balaban J connectivity index is 1.42. The number of hydrogen-bond acceptors (Lipinski definition) is 4. The molecule has 0 radical (unpaired) electrons. The van der Waals surface area contributed by atoms with Crippen LogP contribution in [-0.2, 0) is 20.0 Å². The molecule has 0 aliphatic carbocycles. The Bertz CT molecular complexity index is 1260. The number of para-hydroxylation sites is 1. The van der Waals surface area contributed by atoms with Crippen LogP contribution in [-0.4, -0.2) is 38.9 Å². The Labute approximate surface area is 180 Å². The maximum Gasteiger partial charge on any atom is 0.272 e. The van der Waals surface area contributed by atoms with Crippen molar-refractivity contribution in [3.8, 4) is 11.5 Å². The highest BCUT2D eigenvalue weighted by atomic mass is 16.7. The van der Waals surface area contributed by atoms with E-state index in [9.17, 15) is 4.79 Å². The lowest BCUT2D eigenvalue weighted by molar-refractivity contribution is 0.0734. The molecule has 0 spiro atoms. The van der Waals surface area contributed by atoms with Crippen LogP contribution in [0.2, 0.25) is 0 Å². The predicted molar refractivity (Wildman–Crippen MR) is 117 cm³/mol. The van der Waals surface area contributed by atoms with E-state index in [4.69, 9.17) is 9.47 Å². The predicted octanol–water partition coefficient (Wildman–Crippen LogP) is 3.82. The van der Waals surface area contributed by atoms with Crippen LogP contribution in [0.3, 0.4) is 0 Å². The van der Waals surface area contributed by atoms with Crippen molar-refractivity contribution in [2.75, 3.05) is 13.3 Å². The number of benzene rings is 2. The molecule has 2 aromatic carbocycles. The number of rotatable bonds is 6. The lowest BCUT2D eigenvalue weighted by atomic mass is 10.1. The number of amides is 1. The molecule has 1 N–H and O–H groups in total. The molecule has 0 bridgehead atoms. The van der Waals surface area contributed by atoms with Crippen molar-refractivity contribution in [1.82, 2.24) is 19.7 Å². The second-order valence-corrected chi connectivity index (χ2v) is 7.82. The molecule has 1 amide bonds. The molecule has 1 aliphatic heterocycles. The summed E-state index contributed by atoms with van der Waals surface area (Å²) in [4.78, 5) is 18.6. The number of nitrogens with zero attached hydrogens (tertiary/aromatic N) is 3. The van der Waals surface area contributed by atoms with Crippen LogP contribution in [0.5, 0.6) is 11.5 Å². The van der Waals surface area contributed by atoms with E-state index < -0.39 is 0 Å². The molecule has 1 aliphatic rings. The van der Waals surface area contributed by atoms with Gasteiger partial charge in [-0.2, -0.15) is 5.10 Å². The van der Waals surface area contributed by atoms with Gasteiger partial charge >= 0.3 is 0 Å². The van der Waals surface area contributed by atoms with Gasteiger partial charge in [0.05, 0.1) is 5.69 Å². The van der Waals surface area contributed by atoms with Crippen LogP contribution in [0.15, 0.2) is 54.7 Å². The van der Waals surface area contributed by atoms with E-state index in [1.165, 1.54) is 10.9 Å². The van der Waals surface area contributed by atoms with E-state index in [0.29, 0.717) is 18.8 Å². The van der Waals surface area contributed by atoms with Crippen LogP contribution < -0.4 is 9.47 Å². The molecule has 3 heterocycles. The number of nitrogens with one attached hydrogen (secondary N) is 1. The lowest BCUT2D eigenvalue weighted by Crippen LogP contribution is -2.33. The number of aromatic nitrogens is 3. The highest BCUT2D eigenvalue weighted by molar-refractivity contribution is 5.92. The Morgan fingerprint density at radius 1 is 1.16 bits per heavy atom. The van der Waals surface area contributed by atoms with Crippen molar-refractivity contribution < 1.29 is 14.3 Å². The molecule has 7 nitrogen and oxygen atoms in total. The number of aryl methyl sites for hydroxylation is 2. The molecule has 0 fully saturated rings. The van der Waals surface area contributed by atoms with E-state index >= 15 is 0 Å². The summed E-state index contributed by atoms with van der Waals surface area (Å²) in [6.07, 6.45) is 2.78. The van der Waals surface area contributed by atoms with Crippen LogP contribution in [0.1, 0.15) is 27.3 Å². The summed E-state index contributed by atoms with van der Waals surface area (Å²) in [5, 5.41) is 5.54. The Morgan fingerprint density at radius 2 is 2.00 bits per heavy atom. The monoisotopic (exact) mass is 416 g/mol. The minimum atomic E-state index is -0.0411. The topological polar surface area (TPSA) is 72.4 Å². The van der Waals surface area contributed by atoms with Crippen LogP contribution in [0, 0.1) is 6.92 Å². The van der Waals surface area contributed by atoms with Crippen molar-refractivity contribution in [3.63, 3.8) is 0 Å². The van der Waals surface area contributed by atoms with Crippen molar-refractivity contribution in [2.24, 2.45) is 7.05 Å². The summed E-state index contributed by atoms with van der Waals surface area (Å²) >= 11 is 0. The van der Waals surface area contributed by atoms with Crippen molar-refractivity contribution in [2.45, 2.75) is 19.9 Å². The molecular formula is C24H24N4O3. The average Bonchev–Trinajstić information content (AvgIpc) is 3.48. The highest BCUT2D eigenvalue weighted by Gasteiger charge is 2.22. The van der Waals surface area contributed by atoms with E-state index in [1.54, 1.807) is 11.7 Å². The third-order valence-corrected chi connectivity index (χ3v) is 5.64. The fourth-order valence-electron chi connectivity index (χ4n) is 4.08. The zero-order valence-corrected chi connectivity index (χ0v) is 17.6. The number of carbonyl (C=O) groups excluding carboxylic acids is 1. The lowest BCUT2D eigenvalue weighted by Gasteiger charge is -2.23. The van der Waals surface area contributed by atoms with Gasteiger partial charge in [-0.1, -0.05) is 24.3 Å². The SMILES string of the molecule is Cc1cc(C(=O)N(CCc2c[nH]c3ccccc23)Cc2ccc3c(c2)OCO3)n(C)n1. The quantitative estimate of drug-likeness (QED) is 0.519. The van der Waals surface area contributed by atoms with Gasteiger partial charge in [-0.05, 0) is 48.7 Å². The molecule has 5 rings (SSSR count). The van der Waals surface area contributed by atoms with Crippen molar-refractivity contribution in [3.05, 3.63) is 77.2 Å². The van der Waals surface area contributed by atoms with Crippen LogP contribution in [0.25, 0.3) is 10.9 Å². The van der Waals surface area contributed by atoms with Crippen molar-refractivity contribution >= 4 is 16.8 Å². The normalized spacial score (nSPS) is 12.5. The summed E-state index contributed by atoms with van der Waals surface area (Å²) in [5.74, 6) is 1.42. The summed E-state index contributed by atoms with van der Waals surface area (Å²) in [5.41, 5.74) is 4.70. The summed E-state index contributed by atoms with van der Waals surface area (Å²) in [6, 6.07) is 15.9. The first kappa shape index (κ1) is 19.2. The van der Waals surface area contributed by atoms with Gasteiger partial charge in [-0.25, -0.2) is 0 Å². The first-order valence-corrected chi connectivity index (χ1v) is 10.3. The molecule has 0 unspecified atom stereocenters. The molecule has 7 heteroatoms. The zero-order chi connectivity index (χ0) is 21.4. The van der Waals surface area contributed by atoms with E-state index in [-0.39, 0.29) is 12.7 Å². The standard InChI is InChI=1S/C24H24N4O3/c1-16-11-21(27(2)26-16)24(29)28(14-17-7-8-22-23(12-17)31-15-30-22)10-9-18-13-25-20-6-4-3-5-19(18)20/h3-8,11-13,25H,9-10,14-15H2,1-2H3. The van der Waals surface area contributed by atoms with Gasteiger partial charge in [0.25, 0.3) is 5.91 Å². The summed E-state index contributed by atoms with van der Waals surface area (Å²) in [6.45, 7) is 3.18. The van der Waals surface area contributed by atoms with Crippen LogP contribution >= 0.6 is 0 Å². The maximum absolute atomic E-state index is 13.4. The third-order valence-electron chi connectivity index (χ3n) is 5.64. The molecule has 31 heavy (non-hydrogen) atoms. The van der Waals surface area contributed by atoms with E-state index in [0.717, 1.165) is 34.7 Å². The first-order chi connectivity index (χ1) is 15.1. The Kier molecular flexibility index (Phi) is 4.86. The Hall–Kier alpha value is -3.74. The molecule has 0 saturated carbocycles. The van der Waals surface area contributed by atoms with Gasteiger partial charge in [-0.15, -0.1) is 0 Å². The van der Waals surface area contributed by atoms with Gasteiger partial charge < -0.3 is 19.4 Å². The number of ether oxygens (including phenoxy) is 2. The molecular weight excluding hydrogens is 392 g/mol. The summed E-state index contributed by atoms with van der Waals surface area (Å²) in [7, 11) is 1.80. The van der Waals surface area contributed by atoms with Crippen LogP contribution in [0.4, 0.5) is 0 Å². The highest BCUT2D eigenvalue weighted by Crippen LogP contribution is 2.33. The largest absolute Gasteiger partial charge is 0.454 e. The number of hydrogen-bond donors (Lipinski definition) is 1. The maximum atomic E-state index is 13.4. The van der Waals surface area contributed by atoms with Crippen molar-refractivity contribution in [1.29, 1.82) is 0 Å². The summed E-state index contributed by atoms with van der Waals surface area (Å²) < 4.78 is 12.6. The zero-order valence-electron chi connectivity index (χ0n) is 17.6. The molecule has 158 valence electrons. The fraction of sp³-hybridized carbons (Fsp3) is 0.250. The van der Waals surface area contributed by atoms with Gasteiger partial charge in [0.2, 0.25) is 6.79 Å². The van der Waals surface area contributed by atoms with E-state index in [2.05, 4.69) is 22.2 Å². The molecule has 0 saturated heterocycles. The first-order valence-electron chi connectivity index (χ1n) is 10.3. The van der Waals surface area contributed by atoms with Gasteiger partial charge in [0, 0.05) is 37.2 Å².